The van der Waals surface area contributed by atoms with Gasteiger partial charge in [0.2, 0.25) is 0 Å². The number of aryl methyl sites for hydroxylation is 1. The normalized spacial score (nSPS) is 17.2. The van der Waals surface area contributed by atoms with E-state index in [0.29, 0.717) is 13.1 Å². The zero-order valence-corrected chi connectivity index (χ0v) is 13.2. The number of amides is 1. The van der Waals surface area contributed by atoms with Crippen molar-refractivity contribution in [1.29, 1.82) is 0 Å². The average molecular weight is 316 g/mol. The van der Waals surface area contributed by atoms with E-state index in [1.807, 2.05) is 18.2 Å². The molecule has 1 aliphatic rings. The van der Waals surface area contributed by atoms with Crippen LogP contribution in [0, 0.1) is 19.3 Å². The highest BCUT2D eigenvalue weighted by Gasteiger charge is 2.31. The smallest absolute Gasteiger partial charge is 0.298 e. The molecule has 4 heteroatoms. The number of rotatable bonds is 1. The number of terminal acetylenes is 1. The molecular weight excluding hydrogens is 302 g/mol. The Morgan fingerprint density at radius 1 is 1.43 bits per heavy atom. The quantitative estimate of drug-likeness (QED) is 0.733. The fraction of sp³-hybridized carbons (Fsp3) is 0.235. The SMILES string of the molecule is C#CC(=O)N1Cc2sc(Cl)cc2[C@H](c2ccccc2C)C1. The summed E-state index contributed by atoms with van der Waals surface area (Å²) in [6, 6.07) is 10.3. The summed E-state index contributed by atoms with van der Waals surface area (Å²) in [6.07, 6.45) is 5.28. The first-order chi connectivity index (χ1) is 10.1. The summed E-state index contributed by atoms with van der Waals surface area (Å²) in [5.41, 5.74) is 3.66. The van der Waals surface area contributed by atoms with Crippen LogP contribution in [0.1, 0.15) is 27.5 Å². The van der Waals surface area contributed by atoms with E-state index in [1.165, 1.54) is 28.0 Å². The molecule has 0 spiro atoms. The summed E-state index contributed by atoms with van der Waals surface area (Å²) >= 11 is 7.71. The highest BCUT2D eigenvalue weighted by atomic mass is 35.5. The van der Waals surface area contributed by atoms with Gasteiger partial charge in [0.15, 0.2) is 0 Å². The Hall–Kier alpha value is -1.76. The van der Waals surface area contributed by atoms with Crippen LogP contribution in [0.5, 0.6) is 0 Å². The molecule has 0 radical (unpaired) electrons. The van der Waals surface area contributed by atoms with Crippen molar-refractivity contribution in [3.8, 4) is 12.3 Å². The fourth-order valence-corrected chi connectivity index (χ4v) is 4.23. The van der Waals surface area contributed by atoms with Crippen LogP contribution >= 0.6 is 22.9 Å². The van der Waals surface area contributed by atoms with E-state index in [9.17, 15) is 4.79 Å². The molecule has 0 aliphatic carbocycles. The van der Waals surface area contributed by atoms with Gasteiger partial charge in [0.25, 0.3) is 5.91 Å². The fourth-order valence-electron chi connectivity index (χ4n) is 2.87. The molecule has 3 rings (SSSR count). The van der Waals surface area contributed by atoms with Gasteiger partial charge in [-0.05, 0) is 35.6 Å². The number of nitrogens with zero attached hydrogens (tertiary/aromatic N) is 1. The highest BCUT2D eigenvalue weighted by Crippen LogP contribution is 2.40. The molecule has 1 aromatic carbocycles. The molecule has 0 saturated carbocycles. The van der Waals surface area contributed by atoms with Crippen LogP contribution in [-0.4, -0.2) is 17.4 Å². The molecule has 0 fully saturated rings. The summed E-state index contributed by atoms with van der Waals surface area (Å²) in [4.78, 5) is 14.8. The van der Waals surface area contributed by atoms with Gasteiger partial charge in [-0.2, -0.15) is 0 Å². The predicted octanol–water partition coefficient (Wildman–Crippen LogP) is 3.82. The molecule has 1 aromatic heterocycles. The lowest BCUT2D eigenvalue weighted by Crippen LogP contribution is -2.37. The Kier molecular flexibility index (Phi) is 3.75. The average Bonchev–Trinajstić information content (AvgIpc) is 2.86. The first-order valence-corrected chi connectivity index (χ1v) is 7.88. The Balaban J connectivity index is 2.08. The number of thiophene rings is 1. The van der Waals surface area contributed by atoms with Gasteiger partial charge in [-0.1, -0.05) is 35.9 Å². The van der Waals surface area contributed by atoms with E-state index in [1.54, 1.807) is 4.90 Å². The Bertz CT molecular complexity index is 743. The van der Waals surface area contributed by atoms with E-state index in [0.717, 1.165) is 9.21 Å². The zero-order chi connectivity index (χ0) is 15.0. The molecule has 1 atom stereocenters. The molecular formula is C17H14ClNOS. The van der Waals surface area contributed by atoms with E-state index in [-0.39, 0.29) is 11.8 Å². The summed E-state index contributed by atoms with van der Waals surface area (Å²) < 4.78 is 0.758. The van der Waals surface area contributed by atoms with Gasteiger partial charge in [0, 0.05) is 17.3 Å². The van der Waals surface area contributed by atoms with E-state index in [4.69, 9.17) is 18.0 Å². The van der Waals surface area contributed by atoms with E-state index in [2.05, 4.69) is 25.0 Å². The molecule has 0 N–H and O–H groups in total. The molecule has 0 saturated heterocycles. The first-order valence-electron chi connectivity index (χ1n) is 6.69. The Morgan fingerprint density at radius 2 is 2.19 bits per heavy atom. The minimum atomic E-state index is -0.260. The van der Waals surface area contributed by atoms with Crippen molar-refractivity contribution in [2.75, 3.05) is 6.54 Å². The van der Waals surface area contributed by atoms with Gasteiger partial charge in [-0.15, -0.1) is 17.8 Å². The molecule has 2 nitrogen and oxygen atoms in total. The molecule has 0 unspecified atom stereocenters. The second-order valence-electron chi connectivity index (χ2n) is 5.17. The number of carbonyl (C=O) groups excluding carboxylic acids is 1. The molecule has 2 aromatic rings. The van der Waals surface area contributed by atoms with Gasteiger partial charge >= 0.3 is 0 Å². The third kappa shape index (κ3) is 2.57. The van der Waals surface area contributed by atoms with Crippen LogP contribution in [-0.2, 0) is 11.3 Å². The monoisotopic (exact) mass is 315 g/mol. The lowest BCUT2D eigenvalue weighted by atomic mass is 9.86. The van der Waals surface area contributed by atoms with Crippen molar-refractivity contribution in [3.05, 3.63) is 56.2 Å². The van der Waals surface area contributed by atoms with Crippen LogP contribution in [0.4, 0.5) is 0 Å². The van der Waals surface area contributed by atoms with Gasteiger partial charge in [0.1, 0.15) is 0 Å². The number of fused-ring (bicyclic) bond motifs is 1. The lowest BCUT2D eigenvalue weighted by molar-refractivity contribution is -0.126. The number of hydrogen-bond acceptors (Lipinski definition) is 2. The zero-order valence-electron chi connectivity index (χ0n) is 11.6. The number of carbonyl (C=O) groups is 1. The van der Waals surface area contributed by atoms with E-state index < -0.39 is 0 Å². The van der Waals surface area contributed by atoms with Crippen molar-refractivity contribution in [3.63, 3.8) is 0 Å². The third-order valence-electron chi connectivity index (χ3n) is 3.90. The maximum atomic E-state index is 11.9. The van der Waals surface area contributed by atoms with Crippen molar-refractivity contribution in [2.24, 2.45) is 0 Å². The molecule has 2 heterocycles. The van der Waals surface area contributed by atoms with Crippen molar-refractivity contribution in [1.82, 2.24) is 4.90 Å². The predicted molar refractivity (Wildman–Crippen MR) is 86.6 cm³/mol. The van der Waals surface area contributed by atoms with Crippen molar-refractivity contribution >= 4 is 28.8 Å². The minimum Gasteiger partial charge on any atom is -0.326 e. The van der Waals surface area contributed by atoms with E-state index >= 15 is 0 Å². The van der Waals surface area contributed by atoms with Crippen molar-refractivity contribution < 1.29 is 4.79 Å². The Morgan fingerprint density at radius 3 is 2.90 bits per heavy atom. The minimum absolute atomic E-state index is 0.135. The van der Waals surface area contributed by atoms with Gasteiger partial charge < -0.3 is 4.90 Å². The van der Waals surface area contributed by atoms with Gasteiger partial charge in [-0.3, -0.25) is 4.79 Å². The molecule has 106 valence electrons. The summed E-state index contributed by atoms with van der Waals surface area (Å²) in [5, 5.41) is 0. The van der Waals surface area contributed by atoms with Crippen LogP contribution < -0.4 is 0 Å². The maximum absolute atomic E-state index is 11.9. The Labute approximate surface area is 133 Å². The number of hydrogen-bond donors (Lipinski definition) is 0. The summed E-state index contributed by atoms with van der Waals surface area (Å²) in [7, 11) is 0. The second kappa shape index (κ2) is 5.55. The van der Waals surface area contributed by atoms with Crippen LogP contribution in [0.25, 0.3) is 0 Å². The van der Waals surface area contributed by atoms with Gasteiger partial charge in [0.05, 0.1) is 10.9 Å². The molecule has 1 aliphatic heterocycles. The summed E-state index contributed by atoms with van der Waals surface area (Å²) in [5.74, 6) is 2.09. The number of benzene rings is 1. The van der Waals surface area contributed by atoms with Crippen LogP contribution in [0.3, 0.4) is 0 Å². The largest absolute Gasteiger partial charge is 0.326 e. The summed E-state index contributed by atoms with van der Waals surface area (Å²) in [6.45, 7) is 3.25. The van der Waals surface area contributed by atoms with Crippen LogP contribution in [0.2, 0.25) is 4.34 Å². The van der Waals surface area contributed by atoms with Crippen molar-refractivity contribution in [2.45, 2.75) is 19.4 Å². The molecule has 21 heavy (non-hydrogen) atoms. The highest BCUT2D eigenvalue weighted by molar-refractivity contribution is 7.16. The molecule has 0 bridgehead atoms. The first kappa shape index (κ1) is 14.2. The maximum Gasteiger partial charge on any atom is 0.298 e. The standard InChI is InChI=1S/C17H14ClNOS/c1-3-17(20)19-9-14(12-7-5-4-6-11(12)2)13-8-16(18)21-15(13)10-19/h1,4-8,14H,9-10H2,2H3/t14-/m0/s1. The number of halogens is 1. The van der Waals surface area contributed by atoms with Crippen LogP contribution in [0.15, 0.2) is 30.3 Å². The lowest BCUT2D eigenvalue weighted by Gasteiger charge is -2.32. The third-order valence-corrected chi connectivity index (χ3v) is 5.16. The second-order valence-corrected chi connectivity index (χ2v) is 6.94. The van der Waals surface area contributed by atoms with Gasteiger partial charge in [-0.25, -0.2) is 0 Å². The molecule has 1 amide bonds. The topological polar surface area (TPSA) is 20.3 Å².